The van der Waals surface area contributed by atoms with E-state index in [1.165, 1.54) is 30.3 Å². The van der Waals surface area contributed by atoms with Crippen LogP contribution in [0.1, 0.15) is 15.9 Å². The van der Waals surface area contributed by atoms with Gasteiger partial charge in [0.15, 0.2) is 11.7 Å². The van der Waals surface area contributed by atoms with Gasteiger partial charge in [0.1, 0.15) is 0 Å². The highest BCUT2D eigenvalue weighted by Gasteiger charge is 2.54. The summed E-state index contributed by atoms with van der Waals surface area (Å²) >= 11 is 0. The number of hydrogen-bond donors (Lipinski definition) is 0. The van der Waals surface area contributed by atoms with Crippen LogP contribution in [0.2, 0.25) is 0 Å². The van der Waals surface area contributed by atoms with Crippen LogP contribution < -0.4 is 0 Å². The Morgan fingerprint density at radius 2 is 2.00 bits per heavy atom. The molecule has 0 aliphatic heterocycles. The van der Waals surface area contributed by atoms with Crippen LogP contribution in [-0.4, -0.2) is 5.78 Å². The number of rotatable bonds is 0. The Morgan fingerprint density at radius 1 is 1.36 bits per heavy atom. The molecule has 1 atom stereocenters. The van der Waals surface area contributed by atoms with Crippen molar-refractivity contribution in [3.8, 4) is 6.07 Å². The molecule has 2 nitrogen and oxygen atoms in total. The molecule has 2 rings (SSSR count). The monoisotopic (exact) mass is 193 g/mol. The van der Waals surface area contributed by atoms with E-state index >= 15 is 0 Å². The Morgan fingerprint density at radius 3 is 2.57 bits per heavy atom. The first-order valence-electron chi connectivity index (χ1n) is 4.00. The number of halogens is 2. The Bertz CT molecular complexity index is 448. The molecule has 0 N–H and O–H groups in total. The second kappa shape index (κ2) is 2.61. The maximum atomic E-state index is 13.4. The van der Waals surface area contributed by atoms with Crippen molar-refractivity contribution in [1.82, 2.24) is 0 Å². The first kappa shape index (κ1) is 8.82. The van der Waals surface area contributed by atoms with Crippen LogP contribution >= 0.6 is 0 Å². The molecule has 0 saturated carbocycles. The lowest BCUT2D eigenvalue weighted by Crippen LogP contribution is -2.22. The minimum Gasteiger partial charge on any atom is -0.292 e. The predicted molar refractivity (Wildman–Crippen MR) is 43.8 cm³/mol. The lowest BCUT2D eigenvalue weighted by atomic mass is 10.0. The lowest BCUT2D eigenvalue weighted by Gasteiger charge is -2.11. The molecule has 0 bridgehead atoms. The minimum absolute atomic E-state index is 0.0379. The topological polar surface area (TPSA) is 40.9 Å². The Kier molecular flexibility index (Phi) is 1.65. The van der Waals surface area contributed by atoms with Crippen molar-refractivity contribution in [2.45, 2.75) is 5.92 Å². The molecule has 70 valence electrons. The van der Waals surface area contributed by atoms with Gasteiger partial charge in [0.2, 0.25) is 0 Å². The van der Waals surface area contributed by atoms with E-state index < -0.39 is 17.6 Å². The van der Waals surface area contributed by atoms with Crippen molar-refractivity contribution >= 4 is 5.78 Å². The van der Waals surface area contributed by atoms with Gasteiger partial charge < -0.3 is 0 Å². The molecule has 1 aromatic carbocycles. The van der Waals surface area contributed by atoms with Gasteiger partial charge in [-0.15, -0.1) is 0 Å². The number of carbonyl (C=O) groups excluding carboxylic acids is 1. The summed E-state index contributed by atoms with van der Waals surface area (Å²) in [7, 11) is 0. The van der Waals surface area contributed by atoms with Crippen molar-refractivity contribution in [1.29, 1.82) is 5.26 Å². The van der Waals surface area contributed by atoms with E-state index in [0.717, 1.165) is 0 Å². The van der Waals surface area contributed by atoms with Crippen molar-refractivity contribution in [2.24, 2.45) is 5.92 Å². The van der Waals surface area contributed by atoms with E-state index in [2.05, 4.69) is 0 Å². The fraction of sp³-hybridized carbons (Fsp3) is 0.200. The van der Waals surface area contributed by atoms with E-state index in [4.69, 9.17) is 5.26 Å². The van der Waals surface area contributed by atoms with Crippen molar-refractivity contribution < 1.29 is 13.6 Å². The van der Waals surface area contributed by atoms with Crippen LogP contribution in [0.4, 0.5) is 8.78 Å². The summed E-state index contributed by atoms with van der Waals surface area (Å²) in [5.41, 5.74) is -0.374. The van der Waals surface area contributed by atoms with Gasteiger partial charge in [-0.05, 0) is 0 Å². The fourth-order valence-corrected chi connectivity index (χ4v) is 1.60. The first-order chi connectivity index (χ1) is 6.59. The van der Waals surface area contributed by atoms with Crippen LogP contribution in [0.15, 0.2) is 24.3 Å². The standard InChI is InChI=1S/C10H5F2NO/c11-10(12)7-4-2-1-3-6(7)9(14)8(10)5-13/h1-4,8H. The van der Waals surface area contributed by atoms with Crippen LogP contribution in [0.5, 0.6) is 0 Å². The molecule has 1 aromatic rings. The minimum atomic E-state index is -3.34. The van der Waals surface area contributed by atoms with Crippen LogP contribution in [-0.2, 0) is 5.92 Å². The number of ketones is 1. The van der Waals surface area contributed by atoms with E-state index in [0.29, 0.717) is 0 Å². The molecular formula is C10H5F2NO. The average Bonchev–Trinajstić information content (AvgIpc) is 2.36. The summed E-state index contributed by atoms with van der Waals surface area (Å²) in [5, 5.41) is 8.49. The molecule has 0 fully saturated rings. The molecule has 0 saturated heterocycles. The van der Waals surface area contributed by atoms with E-state index in [-0.39, 0.29) is 11.1 Å². The quantitative estimate of drug-likeness (QED) is 0.633. The summed E-state index contributed by atoms with van der Waals surface area (Å²) in [6.07, 6.45) is 0. The van der Waals surface area contributed by atoms with Gasteiger partial charge in [-0.3, -0.25) is 4.79 Å². The van der Waals surface area contributed by atoms with Crippen molar-refractivity contribution in [3.63, 3.8) is 0 Å². The molecule has 0 amide bonds. The van der Waals surface area contributed by atoms with E-state index in [1.807, 2.05) is 0 Å². The highest BCUT2D eigenvalue weighted by Crippen LogP contribution is 2.45. The maximum Gasteiger partial charge on any atom is 0.296 e. The van der Waals surface area contributed by atoms with Gasteiger partial charge in [0.25, 0.3) is 5.92 Å². The zero-order valence-corrected chi connectivity index (χ0v) is 7.00. The lowest BCUT2D eigenvalue weighted by molar-refractivity contribution is -0.0250. The van der Waals surface area contributed by atoms with Gasteiger partial charge in [-0.2, -0.15) is 14.0 Å². The summed E-state index contributed by atoms with van der Waals surface area (Å²) < 4.78 is 26.8. The maximum absolute atomic E-state index is 13.4. The first-order valence-corrected chi connectivity index (χ1v) is 4.00. The molecule has 0 spiro atoms. The smallest absolute Gasteiger partial charge is 0.292 e. The number of carbonyl (C=O) groups is 1. The molecule has 1 unspecified atom stereocenters. The zero-order chi connectivity index (χ0) is 10.3. The third kappa shape index (κ3) is 0.896. The van der Waals surface area contributed by atoms with E-state index in [1.54, 1.807) is 0 Å². The zero-order valence-electron chi connectivity index (χ0n) is 7.00. The van der Waals surface area contributed by atoms with E-state index in [9.17, 15) is 13.6 Å². The van der Waals surface area contributed by atoms with Crippen LogP contribution in [0.3, 0.4) is 0 Å². The molecule has 0 heterocycles. The van der Waals surface area contributed by atoms with Crippen molar-refractivity contribution in [3.05, 3.63) is 35.4 Å². The Labute approximate surface area is 78.8 Å². The fourth-order valence-electron chi connectivity index (χ4n) is 1.60. The van der Waals surface area contributed by atoms with Gasteiger partial charge in [0.05, 0.1) is 6.07 Å². The van der Waals surface area contributed by atoms with Crippen LogP contribution in [0.25, 0.3) is 0 Å². The average molecular weight is 193 g/mol. The third-order valence-electron chi connectivity index (χ3n) is 2.31. The van der Waals surface area contributed by atoms with Crippen molar-refractivity contribution in [2.75, 3.05) is 0 Å². The predicted octanol–water partition coefficient (Wildman–Crippen LogP) is 2.11. The summed E-state index contributed by atoms with van der Waals surface area (Å²) in [4.78, 5) is 11.3. The van der Waals surface area contributed by atoms with Crippen LogP contribution in [0, 0.1) is 17.2 Å². The van der Waals surface area contributed by atoms with Gasteiger partial charge in [-0.1, -0.05) is 24.3 Å². The van der Waals surface area contributed by atoms with Gasteiger partial charge in [-0.25, -0.2) is 0 Å². The normalized spacial score (nSPS) is 22.9. The molecule has 1 aliphatic rings. The summed E-state index contributed by atoms with van der Waals surface area (Å²) in [6.45, 7) is 0. The number of Topliss-reactive ketones (excluding diaryl/α,β-unsaturated/α-hetero) is 1. The second-order valence-corrected chi connectivity index (χ2v) is 3.09. The number of alkyl halides is 2. The molecule has 1 aliphatic carbocycles. The number of nitriles is 1. The van der Waals surface area contributed by atoms with Gasteiger partial charge in [0, 0.05) is 11.1 Å². The molecule has 0 aromatic heterocycles. The molecule has 14 heavy (non-hydrogen) atoms. The Balaban J connectivity index is 2.68. The third-order valence-corrected chi connectivity index (χ3v) is 2.31. The molecule has 0 radical (unpaired) electrons. The number of fused-ring (bicyclic) bond motifs is 1. The summed E-state index contributed by atoms with van der Waals surface area (Å²) in [5.74, 6) is -5.99. The second-order valence-electron chi connectivity index (χ2n) is 3.09. The SMILES string of the molecule is N#CC1C(=O)c2ccccc2C1(F)F. The number of nitrogens with zero attached hydrogens (tertiary/aromatic N) is 1. The number of hydrogen-bond acceptors (Lipinski definition) is 2. The highest BCUT2D eigenvalue weighted by molar-refractivity contribution is 6.04. The largest absolute Gasteiger partial charge is 0.296 e. The molecular weight excluding hydrogens is 188 g/mol. The van der Waals surface area contributed by atoms with Gasteiger partial charge >= 0.3 is 0 Å². The summed E-state index contributed by atoms with van der Waals surface area (Å²) in [6, 6.07) is 6.80. The molecule has 4 heteroatoms. The highest BCUT2D eigenvalue weighted by atomic mass is 19.3. The number of benzene rings is 1. The Hall–Kier alpha value is -1.76.